The maximum atomic E-state index is 12.5. The number of rotatable bonds is 8. The van der Waals surface area contributed by atoms with Crippen LogP contribution < -0.4 is 14.8 Å². The van der Waals surface area contributed by atoms with Crippen LogP contribution in [0.5, 0.6) is 5.75 Å². The number of nitrogens with zero attached hydrogens (tertiary/aromatic N) is 2. The first-order valence-electron chi connectivity index (χ1n) is 9.90. The molecule has 9 nitrogen and oxygen atoms in total. The standard InChI is InChI=1S/C22H14Cl4N4O5S/c23-12-9-16(24)21(17(25)10-12)34-11-14-3-6-18(35-14)22(31)27-13-1-4-15(5-2-13)36(32,33)30-20-8-7-19(26)28-29-20/h1-10H,11H2,(H,27,31)(H,29,30). The first kappa shape index (κ1) is 26.1. The Morgan fingerprint density at radius 1 is 0.917 bits per heavy atom. The molecule has 14 heteroatoms. The van der Waals surface area contributed by atoms with Gasteiger partial charge in [-0.25, -0.2) is 8.42 Å². The molecular formula is C22H14Cl4N4O5S. The van der Waals surface area contributed by atoms with Gasteiger partial charge in [0.2, 0.25) is 0 Å². The van der Waals surface area contributed by atoms with Gasteiger partial charge in [0.1, 0.15) is 12.4 Å². The van der Waals surface area contributed by atoms with Crippen LogP contribution in [0, 0.1) is 0 Å². The van der Waals surface area contributed by atoms with Gasteiger partial charge in [-0.15, -0.1) is 10.2 Å². The minimum atomic E-state index is -3.92. The van der Waals surface area contributed by atoms with E-state index in [-0.39, 0.29) is 44.0 Å². The molecule has 2 N–H and O–H groups in total. The van der Waals surface area contributed by atoms with Crippen LogP contribution in [-0.2, 0) is 16.6 Å². The number of sulfonamides is 1. The van der Waals surface area contributed by atoms with E-state index in [1.165, 1.54) is 54.6 Å². The van der Waals surface area contributed by atoms with Crippen LogP contribution in [0.3, 0.4) is 0 Å². The molecule has 0 radical (unpaired) electrons. The summed E-state index contributed by atoms with van der Waals surface area (Å²) in [5.41, 5.74) is 0.346. The molecule has 0 aliphatic carbocycles. The van der Waals surface area contributed by atoms with Crippen molar-refractivity contribution in [1.82, 2.24) is 10.2 Å². The van der Waals surface area contributed by atoms with E-state index in [9.17, 15) is 13.2 Å². The predicted octanol–water partition coefficient (Wildman–Crippen LogP) is 6.32. The predicted molar refractivity (Wildman–Crippen MR) is 137 cm³/mol. The Labute approximate surface area is 225 Å². The average molecular weight is 588 g/mol. The van der Waals surface area contributed by atoms with Gasteiger partial charge in [0.15, 0.2) is 22.5 Å². The number of ether oxygens (including phenoxy) is 1. The largest absolute Gasteiger partial charge is 0.483 e. The van der Waals surface area contributed by atoms with Gasteiger partial charge >= 0.3 is 0 Å². The first-order valence-corrected chi connectivity index (χ1v) is 12.9. The number of hydrogen-bond acceptors (Lipinski definition) is 7. The van der Waals surface area contributed by atoms with Crippen molar-refractivity contribution in [2.24, 2.45) is 0 Å². The number of carbonyl (C=O) groups excluding carboxylic acids is 1. The highest BCUT2D eigenvalue weighted by molar-refractivity contribution is 7.92. The molecule has 186 valence electrons. The van der Waals surface area contributed by atoms with Gasteiger partial charge in [-0.1, -0.05) is 46.4 Å². The normalized spacial score (nSPS) is 11.2. The van der Waals surface area contributed by atoms with Gasteiger partial charge < -0.3 is 14.5 Å². The molecule has 0 saturated heterocycles. The van der Waals surface area contributed by atoms with E-state index in [1.54, 1.807) is 6.07 Å². The van der Waals surface area contributed by atoms with E-state index in [2.05, 4.69) is 20.2 Å². The summed E-state index contributed by atoms with van der Waals surface area (Å²) in [5.74, 6) is 0.0587. The fourth-order valence-electron chi connectivity index (χ4n) is 2.86. The summed E-state index contributed by atoms with van der Waals surface area (Å²) in [6, 6.07) is 14.3. The third kappa shape index (κ3) is 6.40. The van der Waals surface area contributed by atoms with E-state index in [4.69, 9.17) is 55.6 Å². The Kier molecular flexibility index (Phi) is 7.91. The van der Waals surface area contributed by atoms with E-state index in [1.807, 2.05) is 0 Å². The first-order chi connectivity index (χ1) is 17.1. The topological polar surface area (TPSA) is 123 Å². The number of furan rings is 1. The molecule has 0 aliphatic rings. The zero-order valence-corrected chi connectivity index (χ0v) is 21.7. The third-order valence-corrected chi connectivity index (χ3v) is 6.85. The lowest BCUT2D eigenvalue weighted by Crippen LogP contribution is -2.15. The number of carbonyl (C=O) groups is 1. The van der Waals surface area contributed by atoms with Crippen molar-refractivity contribution < 1.29 is 22.4 Å². The summed E-state index contributed by atoms with van der Waals surface area (Å²) in [4.78, 5) is 12.5. The zero-order chi connectivity index (χ0) is 25.9. The van der Waals surface area contributed by atoms with Gasteiger partial charge in [0, 0.05) is 10.7 Å². The molecule has 0 saturated carbocycles. The van der Waals surface area contributed by atoms with Gasteiger partial charge in [-0.2, -0.15) is 0 Å². The second-order valence-electron chi connectivity index (χ2n) is 7.08. The summed E-state index contributed by atoms with van der Waals surface area (Å²) in [7, 11) is -3.92. The number of anilines is 2. The van der Waals surface area contributed by atoms with Gasteiger partial charge in [-0.05, 0) is 60.7 Å². The molecule has 0 unspecified atom stereocenters. The monoisotopic (exact) mass is 586 g/mol. The Morgan fingerprint density at radius 2 is 1.61 bits per heavy atom. The van der Waals surface area contributed by atoms with Crippen LogP contribution in [-0.4, -0.2) is 24.5 Å². The van der Waals surface area contributed by atoms with Crippen LogP contribution >= 0.6 is 46.4 Å². The van der Waals surface area contributed by atoms with Crippen molar-refractivity contribution in [3.05, 3.63) is 92.4 Å². The molecule has 0 aliphatic heterocycles. The van der Waals surface area contributed by atoms with Crippen LogP contribution in [0.15, 0.2) is 70.0 Å². The minimum absolute atomic E-state index is 0.00925. The van der Waals surface area contributed by atoms with E-state index >= 15 is 0 Å². The second kappa shape index (κ2) is 10.9. The van der Waals surface area contributed by atoms with Crippen LogP contribution in [0.4, 0.5) is 11.5 Å². The molecule has 0 bridgehead atoms. The summed E-state index contributed by atoms with van der Waals surface area (Å²) >= 11 is 23.7. The molecule has 0 atom stereocenters. The van der Waals surface area contributed by atoms with Crippen LogP contribution in [0.25, 0.3) is 0 Å². The smallest absolute Gasteiger partial charge is 0.291 e. The summed E-state index contributed by atoms with van der Waals surface area (Å²) in [6.07, 6.45) is 0. The fourth-order valence-corrected chi connectivity index (χ4v) is 4.89. The Balaban J connectivity index is 1.37. The maximum Gasteiger partial charge on any atom is 0.291 e. The molecule has 1 amide bonds. The maximum absolute atomic E-state index is 12.5. The molecule has 2 aromatic heterocycles. The van der Waals surface area contributed by atoms with E-state index in [0.29, 0.717) is 16.5 Å². The van der Waals surface area contributed by atoms with Crippen molar-refractivity contribution in [1.29, 1.82) is 0 Å². The Bertz CT molecular complexity index is 1490. The second-order valence-corrected chi connectivity index (χ2v) is 10.4. The highest BCUT2D eigenvalue weighted by atomic mass is 35.5. The Hall–Kier alpha value is -3.02. The Morgan fingerprint density at radius 3 is 2.25 bits per heavy atom. The summed E-state index contributed by atoms with van der Waals surface area (Å²) < 4.78 is 38.4. The molecule has 2 heterocycles. The zero-order valence-electron chi connectivity index (χ0n) is 17.8. The molecule has 0 fully saturated rings. The SMILES string of the molecule is O=C(Nc1ccc(S(=O)(=O)Nc2ccc(Cl)nn2)cc1)c1ccc(COc2c(Cl)cc(Cl)cc2Cl)o1. The number of halogens is 4. The third-order valence-electron chi connectivity index (χ3n) is 4.50. The van der Waals surface area contributed by atoms with Crippen molar-refractivity contribution in [2.75, 3.05) is 10.0 Å². The highest BCUT2D eigenvalue weighted by Crippen LogP contribution is 2.36. The van der Waals surface area contributed by atoms with Crippen molar-refractivity contribution in [3.63, 3.8) is 0 Å². The molecule has 36 heavy (non-hydrogen) atoms. The molecule has 4 aromatic rings. The van der Waals surface area contributed by atoms with Gasteiger partial charge in [0.25, 0.3) is 15.9 Å². The molecular weight excluding hydrogens is 574 g/mol. The fraction of sp³-hybridized carbons (Fsp3) is 0.0455. The van der Waals surface area contributed by atoms with Gasteiger partial charge in [-0.3, -0.25) is 9.52 Å². The van der Waals surface area contributed by atoms with E-state index in [0.717, 1.165) is 0 Å². The lowest BCUT2D eigenvalue weighted by atomic mass is 10.3. The highest BCUT2D eigenvalue weighted by Gasteiger charge is 2.17. The number of amides is 1. The molecule has 4 rings (SSSR count). The van der Waals surface area contributed by atoms with Crippen LogP contribution in [0.2, 0.25) is 20.2 Å². The summed E-state index contributed by atoms with van der Waals surface area (Å²) in [6.45, 7) is -0.0358. The van der Waals surface area contributed by atoms with E-state index < -0.39 is 15.9 Å². The summed E-state index contributed by atoms with van der Waals surface area (Å²) in [5, 5.41) is 10.8. The van der Waals surface area contributed by atoms with Crippen LogP contribution in [0.1, 0.15) is 16.3 Å². The average Bonchev–Trinajstić information content (AvgIpc) is 3.29. The lowest BCUT2D eigenvalue weighted by Gasteiger charge is -2.09. The van der Waals surface area contributed by atoms with Crippen molar-refractivity contribution in [3.8, 4) is 5.75 Å². The van der Waals surface area contributed by atoms with Gasteiger partial charge in [0.05, 0.1) is 14.9 Å². The molecule has 2 aromatic carbocycles. The molecule has 0 spiro atoms. The lowest BCUT2D eigenvalue weighted by molar-refractivity contribution is 0.0992. The quantitative estimate of drug-likeness (QED) is 0.247. The number of nitrogens with one attached hydrogen (secondary N) is 2. The number of hydrogen-bond donors (Lipinski definition) is 2. The minimum Gasteiger partial charge on any atom is -0.483 e. The van der Waals surface area contributed by atoms with Crippen molar-refractivity contribution in [2.45, 2.75) is 11.5 Å². The number of aromatic nitrogens is 2. The number of benzene rings is 2. The van der Waals surface area contributed by atoms with Crippen molar-refractivity contribution >= 4 is 73.8 Å².